The molecule has 0 N–H and O–H groups in total. The topological polar surface area (TPSA) is 9.23 Å². The molecule has 1 aromatic carbocycles. The highest BCUT2D eigenvalue weighted by atomic mass is 79.9. The lowest BCUT2D eigenvalue weighted by Gasteiger charge is -2.10. The van der Waals surface area contributed by atoms with Gasteiger partial charge in [-0.05, 0) is 24.5 Å². The summed E-state index contributed by atoms with van der Waals surface area (Å²) >= 11 is 3.36. The van der Waals surface area contributed by atoms with E-state index >= 15 is 0 Å². The maximum atomic E-state index is 13.1. The van der Waals surface area contributed by atoms with E-state index in [2.05, 4.69) is 22.9 Å². The Morgan fingerprint density at radius 3 is 2.79 bits per heavy atom. The predicted octanol–water partition coefficient (Wildman–Crippen LogP) is 3.54. The minimum absolute atomic E-state index is 0.214. The Kier molecular flexibility index (Phi) is 4.39. The summed E-state index contributed by atoms with van der Waals surface area (Å²) in [6.45, 7) is 4.41. The van der Waals surface area contributed by atoms with E-state index < -0.39 is 0 Å². The molecule has 0 aromatic heterocycles. The molecule has 1 rings (SSSR count). The van der Waals surface area contributed by atoms with Gasteiger partial charge in [0.2, 0.25) is 0 Å². The maximum Gasteiger partial charge on any atom is 0.129 e. The molecule has 0 fully saturated rings. The highest BCUT2D eigenvalue weighted by Crippen LogP contribution is 2.16. The summed E-state index contributed by atoms with van der Waals surface area (Å²) in [4.78, 5) is 0. The van der Waals surface area contributed by atoms with Crippen molar-refractivity contribution < 1.29 is 9.13 Å². The van der Waals surface area contributed by atoms with Gasteiger partial charge in [-0.25, -0.2) is 4.39 Å². The Hall–Kier alpha value is -0.570. The van der Waals surface area contributed by atoms with Gasteiger partial charge in [-0.3, -0.25) is 0 Å². The standard InChI is InChI=1S/C11H14BrFO/c1-8(6-12)7-14-10-4-3-9(2)11(13)5-10/h3-5,8H,6-7H2,1-2H3. The molecule has 0 saturated heterocycles. The van der Waals surface area contributed by atoms with Crippen molar-refractivity contribution in [3.8, 4) is 5.75 Å². The summed E-state index contributed by atoms with van der Waals surface area (Å²) in [5.41, 5.74) is 0.644. The molecule has 78 valence electrons. The van der Waals surface area contributed by atoms with E-state index in [-0.39, 0.29) is 5.82 Å². The molecular formula is C11H14BrFO. The van der Waals surface area contributed by atoms with Crippen LogP contribution >= 0.6 is 15.9 Å². The van der Waals surface area contributed by atoms with Crippen LogP contribution in [0.2, 0.25) is 0 Å². The van der Waals surface area contributed by atoms with Crippen LogP contribution in [0.1, 0.15) is 12.5 Å². The third-order valence-electron chi connectivity index (χ3n) is 1.94. The second-order valence-electron chi connectivity index (χ2n) is 3.48. The first-order valence-electron chi connectivity index (χ1n) is 4.58. The largest absolute Gasteiger partial charge is 0.493 e. The van der Waals surface area contributed by atoms with E-state index in [0.29, 0.717) is 23.8 Å². The molecule has 0 amide bonds. The quantitative estimate of drug-likeness (QED) is 0.753. The fourth-order valence-corrected chi connectivity index (χ4v) is 1.13. The molecule has 3 heteroatoms. The Bertz CT molecular complexity index is 301. The minimum Gasteiger partial charge on any atom is -0.493 e. The summed E-state index contributed by atoms with van der Waals surface area (Å²) in [6.07, 6.45) is 0. The first-order valence-corrected chi connectivity index (χ1v) is 5.70. The maximum absolute atomic E-state index is 13.1. The molecule has 0 saturated carbocycles. The van der Waals surface area contributed by atoms with Crippen LogP contribution in [0.15, 0.2) is 18.2 Å². The lowest BCUT2D eigenvalue weighted by atomic mass is 10.2. The van der Waals surface area contributed by atoms with Crippen molar-refractivity contribution in [2.45, 2.75) is 13.8 Å². The lowest BCUT2D eigenvalue weighted by molar-refractivity contribution is 0.273. The molecule has 1 nitrogen and oxygen atoms in total. The van der Waals surface area contributed by atoms with Crippen molar-refractivity contribution in [1.82, 2.24) is 0 Å². The smallest absolute Gasteiger partial charge is 0.129 e. The zero-order valence-corrected chi connectivity index (χ0v) is 9.97. The molecule has 0 spiro atoms. The Labute approximate surface area is 92.4 Å². The molecule has 0 heterocycles. The predicted molar refractivity (Wildman–Crippen MR) is 59.6 cm³/mol. The Balaban J connectivity index is 2.55. The van der Waals surface area contributed by atoms with Crippen LogP contribution in [0.3, 0.4) is 0 Å². The third kappa shape index (κ3) is 3.29. The molecule has 0 aliphatic rings. The SMILES string of the molecule is Cc1ccc(OCC(C)CBr)cc1F. The number of halogens is 2. The summed E-state index contributed by atoms with van der Waals surface area (Å²) < 4.78 is 18.5. The van der Waals surface area contributed by atoms with Gasteiger partial charge >= 0.3 is 0 Å². The average Bonchev–Trinajstić information content (AvgIpc) is 2.19. The van der Waals surface area contributed by atoms with Crippen LogP contribution in [0.5, 0.6) is 5.75 Å². The van der Waals surface area contributed by atoms with Gasteiger partial charge < -0.3 is 4.74 Å². The first kappa shape index (κ1) is 11.5. The number of hydrogen-bond donors (Lipinski definition) is 0. The van der Waals surface area contributed by atoms with E-state index in [1.165, 1.54) is 6.07 Å². The van der Waals surface area contributed by atoms with Gasteiger partial charge in [-0.15, -0.1) is 0 Å². The number of benzene rings is 1. The number of aryl methyl sites for hydroxylation is 1. The first-order chi connectivity index (χ1) is 6.63. The second kappa shape index (κ2) is 5.35. The van der Waals surface area contributed by atoms with Gasteiger partial charge in [-0.1, -0.05) is 28.9 Å². The van der Waals surface area contributed by atoms with Crippen LogP contribution in [-0.2, 0) is 0 Å². The number of rotatable bonds is 4. The molecule has 14 heavy (non-hydrogen) atoms. The van der Waals surface area contributed by atoms with E-state index in [1.54, 1.807) is 19.1 Å². The van der Waals surface area contributed by atoms with Gasteiger partial charge in [0.05, 0.1) is 6.61 Å². The number of alkyl halides is 1. The van der Waals surface area contributed by atoms with Gasteiger partial charge in [-0.2, -0.15) is 0 Å². The average molecular weight is 261 g/mol. The summed E-state index contributed by atoms with van der Waals surface area (Å²) in [7, 11) is 0. The van der Waals surface area contributed by atoms with Gasteiger partial charge in [0.1, 0.15) is 11.6 Å². The monoisotopic (exact) mass is 260 g/mol. The second-order valence-corrected chi connectivity index (χ2v) is 4.13. The Morgan fingerprint density at radius 2 is 2.21 bits per heavy atom. The fourth-order valence-electron chi connectivity index (χ4n) is 0.946. The molecule has 0 bridgehead atoms. The van der Waals surface area contributed by atoms with Gasteiger partial charge in [0.15, 0.2) is 0 Å². The molecule has 0 aliphatic carbocycles. The van der Waals surface area contributed by atoms with Crippen LogP contribution in [-0.4, -0.2) is 11.9 Å². The van der Waals surface area contributed by atoms with Crippen molar-refractivity contribution in [3.05, 3.63) is 29.6 Å². The summed E-state index contributed by atoms with van der Waals surface area (Å²) in [6, 6.07) is 4.94. The van der Waals surface area contributed by atoms with Crippen molar-refractivity contribution in [3.63, 3.8) is 0 Å². The highest BCUT2D eigenvalue weighted by Gasteiger charge is 2.03. The summed E-state index contributed by atoms with van der Waals surface area (Å²) in [5, 5.41) is 0.890. The molecule has 0 aliphatic heterocycles. The molecular weight excluding hydrogens is 247 g/mol. The fraction of sp³-hybridized carbons (Fsp3) is 0.455. The molecule has 1 unspecified atom stereocenters. The van der Waals surface area contributed by atoms with Crippen LogP contribution in [0.25, 0.3) is 0 Å². The van der Waals surface area contributed by atoms with E-state index in [1.807, 2.05) is 0 Å². The van der Waals surface area contributed by atoms with Crippen molar-refractivity contribution in [1.29, 1.82) is 0 Å². The van der Waals surface area contributed by atoms with Crippen LogP contribution in [0, 0.1) is 18.7 Å². The minimum atomic E-state index is -0.214. The van der Waals surface area contributed by atoms with E-state index in [0.717, 1.165) is 5.33 Å². The molecule has 1 aromatic rings. The van der Waals surface area contributed by atoms with Gasteiger partial charge in [0.25, 0.3) is 0 Å². The third-order valence-corrected chi connectivity index (χ3v) is 3.05. The van der Waals surface area contributed by atoms with Crippen LogP contribution in [0.4, 0.5) is 4.39 Å². The normalized spacial score (nSPS) is 12.6. The van der Waals surface area contributed by atoms with Gasteiger partial charge in [0, 0.05) is 11.4 Å². The Morgan fingerprint density at radius 1 is 1.50 bits per heavy atom. The zero-order chi connectivity index (χ0) is 10.6. The van der Waals surface area contributed by atoms with E-state index in [4.69, 9.17) is 4.74 Å². The van der Waals surface area contributed by atoms with Crippen molar-refractivity contribution in [2.24, 2.45) is 5.92 Å². The molecule has 1 atom stereocenters. The van der Waals surface area contributed by atoms with Crippen molar-refractivity contribution >= 4 is 15.9 Å². The van der Waals surface area contributed by atoms with Crippen LogP contribution < -0.4 is 4.74 Å². The molecule has 0 radical (unpaired) electrons. The highest BCUT2D eigenvalue weighted by molar-refractivity contribution is 9.09. The van der Waals surface area contributed by atoms with E-state index in [9.17, 15) is 4.39 Å². The lowest BCUT2D eigenvalue weighted by Crippen LogP contribution is -2.09. The zero-order valence-electron chi connectivity index (χ0n) is 8.39. The number of hydrogen-bond acceptors (Lipinski definition) is 1. The number of ether oxygens (including phenoxy) is 1. The van der Waals surface area contributed by atoms with Crippen molar-refractivity contribution in [2.75, 3.05) is 11.9 Å². The summed E-state index contributed by atoms with van der Waals surface area (Å²) in [5.74, 6) is 0.814.